The Morgan fingerprint density at radius 1 is 1.16 bits per heavy atom. The van der Waals surface area contributed by atoms with E-state index in [1.54, 1.807) is 23.9 Å². The summed E-state index contributed by atoms with van der Waals surface area (Å²) in [4.78, 5) is 16.5. The first kappa shape index (κ1) is 17.5. The van der Waals surface area contributed by atoms with Crippen molar-refractivity contribution in [2.24, 2.45) is 0 Å². The van der Waals surface area contributed by atoms with Gasteiger partial charge in [0.25, 0.3) is 5.91 Å². The predicted octanol–water partition coefficient (Wildman–Crippen LogP) is 5.15. The van der Waals surface area contributed by atoms with Gasteiger partial charge in [0.05, 0.1) is 12.5 Å². The molecular formula is C21H23NO2S. The molecule has 0 aliphatic heterocycles. The number of benzene rings is 1. The number of aryl methyl sites for hydroxylation is 3. The van der Waals surface area contributed by atoms with Crippen molar-refractivity contribution in [2.45, 2.75) is 33.7 Å². The third-order valence-electron chi connectivity index (χ3n) is 4.34. The zero-order valence-electron chi connectivity index (χ0n) is 14.9. The summed E-state index contributed by atoms with van der Waals surface area (Å²) in [7, 11) is 0. The summed E-state index contributed by atoms with van der Waals surface area (Å²) in [6.07, 6.45) is 4.23. The van der Waals surface area contributed by atoms with Gasteiger partial charge < -0.3 is 9.32 Å². The van der Waals surface area contributed by atoms with Crippen LogP contribution in [0.4, 0.5) is 0 Å². The van der Waals surface area contributed by atoms with E-state index in [0.29, 0.717) is 13.1 Å². The van der Waals surface area contributed by atoms with Crippen LogP contribution in [0.15, 0.2) is 52.7 Å². The van der Waals surface area contributed by atoms with Gasteiger partial charge in [0.15, 0.2) is 0 Å². The van der Waals surface area contributed by atoms with Crippen LogP contribution in [-0.2, 0) is 13.0 Å². The van der Waals surface area contributed by atoms with Crippen LogP contribution < -0.4 is 0 Å². The Hall–Kier alpha value is -2.33. The van der Waals surface area contributed by atoms with E-state index in [0.717, 1.165) is 28.7 Å². The monoisotopic (exact) mass is 353 g/mol. The highest BCUT2D eigenvalue weighted by Crippen LogP contribution is 2.21. The lowest BCUT2D eigenvalue weighted by Gasteiger charge is -2.24. The summed E-state index contributed by atoms with van der Waals surface area (Å²) in [6.45, 7) is 7.35. The maximum Gasteiger partial charge on any atom is 0.254 e. The van der Waals surface area contributed by atoms with Gasteiger partial charge in [-0.2, -0.15) is 0 Å². The van der Waals surface area contributed by atoms with Crippen molar-refractivity contribution in [2.75, 3.05) is 6.54 Å². The van der Waals surface area contributed by atoms with Crippen LogP contribution in [0.25, 0.3) is 0 Å². The first-order valence-corrected chi connectivity index (χ1v) is 9.33. The van der Waals surface area contributed by atoms with Crippen LogP contribution >= 0.6 is 11.3 Å². The highest BCUT2D eigenvalue weighted by molar-refractivity contribution is 7.09. The number of nitrogens with zero attached hydrogens (tertiary/aromatic N) is 1. The molecule has 3 rings (SSSR count). The molecule has 0 aliphatic carbocycles. The quantitative estimate of drug-likeness (QED) is 0.614. The zero-order valence-corrected chi connectivity index (χ0v) is 15.7. The van der Waals surface area contributed by atoms with Gasteiger partial charge in [0, 0.05) is 29.1 Å². The van der Waals surface area contributed by atoms with Gasteiger partial charge >= 0.3 is 0 Å². The molecule has 3 nitrogen and oxygen atoms in total. The molecule has 2 heterocycles. The Balaban J connectivity index is 1.86. The van der Waals surface area contributed by atoms with E-state index < -0.39 is 0 Å². The fourth-order valence-electron chi connectivity index (χ4n) is 3.23. The normalized spacial score (nSPS) is 10.8. The van der Waals surface area contributed by atoms with E-state index in [9.17, 15) is 4.79 Å². The van der Waals surface area contributed by atoms with Gasteiger partial charge in [-0.05, 0) is 55.8 Å². The Labute approximate surface area is 152 Å². The van der Waals surface area contributed by atoms with Crippen molar-refractivity contribution in [1.82, 2.24) is 4.90 Å². The number of carbonyl (C=O) groups is 1. The van der Waals surface area contributed by atoms with Crippen LogP contribution in [-0.4, -0.2) is 17.4 Å². The smallest absolute Gasteiger partial charge is 0.254 e. The molecule has 0 unspecified atom stereocenters. The van der Waals surface area contributed by atoms with Gasteiger partial charge in [-0.25, -0.2) is 0 Å². The van der Waals surface area contributed by atoms with Gasteiger partial charge in [-0.15, -0.1) is 11.3 Å². The summed E-state index contributed by atoms with van der Waals surface area (Å²) in [6, 6.07) is 10.2. The minimum absolute atomic E-state index is 0.0905. The number of rotatable bonds is 6. The predicted molar refractivity (Wildman–Crippen MR) is 102 cm³/mol. The Kier molecular flexibility index (Phi) is 5.39. The highest BCUT2D eigenvalue weighted by Gasteiger charge is 2.20. The molecule has 0 saturated heterocycles. The van der Waals surface area contributed by atoms with Gasteiger partial charge in [0.1, 0.15) is 0 Å². The second kappa shape index (κ2) is 7.70. The van der Waals surface area contributed by atoms with E-state index in [-0.39, 0.29) is 5.91 Å². The number of amides is 1. The van der Waals surface area contributed by atoms with Crippen molar-refractivity contribution in [3.63, 3.8) is 0 Å². The molecule has 0 N–H and O–H groups in total. The summed E-state index contributed by atoms with van der Waals surface area (Å²) in [5.41, 5.74) is 5.10. The highest BCUT2D eigenvalue weighted by atomic mass is 32.1. The van der Waals surface area contributed by atoms with Crippen LogP contribution in [0, 0.1) is 20.8 Å². The van der Waals surface area contributed by atoms with E-state index in [4.69, 9.17) is 4.42 Å². The van der Waals surface area contributed by atoms with Crippen LogP contribution in [0.2, 0.25) is 0 Å². The third kappa shape index (κ3) is 4.20. The number of hydrogen-bond acceptors (Lipinski definition) is 3. The second-order valence-corrected chi connectivity index (χ2v) is 7.49. The molecule has 1 amide bonds. The molecular weight excluding hydrogens is 330 g/mol. The lowest BCUT2D eigenvalue weighted by molar-refractivity contribution is 0.0743. The van der Waals surface area contributed by atoms with Gasteiger partial charge in [0.2, 0.25) is 0 Å². The standard InChI is InChI=1S/C21H23NO2S/c1-15-11-16(2)20(17(3)12-15)21(23)22(13-18-7-9-24-14-18)8-6-19-5-4-10-25-19/h4-5,7,9-12,14H,6,8,13H2,1-3H3. The first-order valence-electron chi connectivity index (χ1n) is 8.45. The van der Waals surface area contributed by atoms with Crippen molar-refractivity contribution in [3.05, 3.63) is 80.9 Å². The SMILES string of the molecule is Cc1cc(C)c(C(=O)N(CCc2cccs2)Cc2ccoc2)c(C)c1. The maximum atomic E-state index is 13.3. The molecule has 0 spiro atoms. The van der Waals surface area contributed by atoms with E-state index >= 15 is 0 Å². The number of furan rings is 1. The topological polar surface area (TPSA) is 33.5 Å². The largest absolute Gasteiger partial charge is 0.472 e. The molecule has 4 heteroatoms. The molecule has 0 bridgehead atoms. The Morgan fingerprint density at radius 2 is 1.92 bits per heavy atom. The van der Waals surface area contributed by atoms with Crippen molar-refractivity contribution < 1.29 is 9.21 Å². The summed E-state index contributed by atoms with van der Waals surface area (Å²) >= 11 is 1.73. The van der Waals surface area contributed by atoms with Crippen molar-refractivity contribution in [3.8, 4) is 0 Å². The zero-order chi connectivity index (χ0) is 17.8. The van der Waals surface area contributed by atoms with Crippen LogP contribution in [0.5, 0.6) is 0 Å². The molecule has 130 valence electrons. The molecule has 3 aromatic rings. The number of thiophene rings is 1. The van der Waals surface area contributed by atoms with Crippen molar-refractivity contribution in [1.29, 1.82) is 0 Å². The van der Waals surface area contributed by atoms with E-state index in [1.807, 2.05) is 24.8 Å². The first-order chi connectivity index (χ1) is 12.0. The summed E-state index contributed by atoms with van der Waals surface area (Å²) in [5.74, 6) is 0.0905. The second-order valence-electron chi connectivity index (χ2n) is 6.46. The molecule has 0 radical (unpaired) electrons. The molecule has 0 fully saturated rings. The van der Waals surface area contributed by atoms with Crippen LogP contribution in [0.1, 0.15) is 37.5 Å². The lowest BCUT2D eigenvalue weighted by atomic mass is 9.98. The fraction of sp³-hybridized carbons (Fsp3) is 0.286. The lowest BCUT2D eigenvalue weighted by Crippen LogP contribution is -2.33. The molecule has 0 saturated carbocycles. The third-order valence-corrected chi connectivity index (χ3v) is 5.28. The minimum atomic E-state index is 0.0905. The molecule has 1 aromatic carbocycles. The molecule has 2 aromatic heterocycles. The summed E-state index contributed by atoms with van der Waals surface area (Å²) in [5, 5.41) is 2.08. The summed E-state index contributed by atoms with van der Waals surface area (Å²) < 4.78 is 5.18. The minimum Gasteiger partial charge on any atom is -0.472 e. The van der Waals surface area contributed by atoms with Gasteiger partial charge in [-0.1, -0.05) is 23.8 Å². The maximum absolute atomic E-state index is 13.3. The van der Waals surface area contributed by atoms with E-state index in [1.165, 1.54) is 10.4 Å². The Morgan fingerprint density at radius 3 is 2.52 bits per heavy atom. The Bertz CT molecular complexity index is 812. The van der Waals surface area contributed by atoms with Gasteiger partial charge in [-0.3, -0.25) is 4.79 Å². The number of carbonyl (C=O) groups excluding carboxylic acids is 1. The number of hydrogen-bond donors (Lipinski definition) is 0. The van der Waals surface area contributed by atoms with Crippen LogP contribution in [0.3, 0.4) is 0 Å². The molecule has 0 atom stereocenters. The average Bonchev–Trinajstić information content (AvgIpc) is 3.24. The molecule has 25 heavy (non-hydrogen) atoms. The van der Waals surface area contributed by atoms with Crippen molar-refractivity contribution >= 4 is 17.2 Å². The fourth-order valence-corrected chi connectivity index (χ4v) is 3.93. The average molecular weight is 353 g/mol. The molecule has 0 aliphatic rings. The van der Waals surface area contributed by atoms with E-state index in [2.05, 4.69) is 36.6 Å².